The molecular weight excluding hydrogens is 178 g/mol. The van der Waals surface area contributed by atoms with E-state index in [1.54, 1.807) is 30.6 Å². The van der Waals surface area contributed by atoms with E-state index in [9.17, 15) is 0 Å². The molecule has 0 radical (unpaired) electrons. The largest absolute Gasteiger partial charge is 0.363 e. The van der Waals surface area contributed by atoms with Crippen LogP contribution in [-0.2, 0) is 4.74 Å². The minimum atomic E-state index is 0.496. The molecule has 0 aliphatic carbocycles. The molecule has 0 heterocycles. The van der Waals surface area contributed by atoms with Gasteiger partial charge in [0.25, 0.3) is 0 Å². The van der Waals surface area contributed by atoms with Crippen molar-refractivity contribution in [3.63, 3.8) is 0 Å². The molecule has 0 spiro atoms. The van der Waals surface area contributed by atoms with E-state index in [0.717, 1.165) is 11.5 Å². The number of hydrogen-bond acceptors (Lipinski definition) is 4. The maximum atomic E-state index is 4.86. The Hall–Kier alpha value is 0.330. The van der Waals surface area contributed by atoms with Crippen molar-refractivity contribution in [2.75, 3.05) is 37.9 Å². The third-order valence-corrected chi connectivity index (χ3v) is 2.28. The molecular formula is C7H15NOS2. The van der Waals surface area contributed by atoms with Gasteiger partial charge in [0.05, 0.1) is 0 Å². The van der Waals surface area contributed by atoms with Crippen molar-refractivity contribution in [1.29, 1.82) is 0 Å². The number of aliphatic imine (C=N–C) groups is 1. The molecule has 0 unspecified atom stereocenters. The van der Waals surface area contributed by atoms with Crippen molar-refractivity contribution < 1.29 is 4.74 Å². The van der Waals surface area contributed by atoms with Gasteiger partial charge in [0, 0.05) is 24.3 Å². The molecule has 0 aromatic heterocycles. The lowest BCUT2D eigenvalue weighted by molar-refractivity contribution is 0.209. The molecule has 0 rings (SSSR count). The van der Waals surface area contributed by atoms with Crippen LogP contribution in [0, 0.1) is 0 Å². The summed E-state index contributed by atoms with van der Waals surface area (Å²) >= 11 is 3.60. The molecule has 0 N–H and O–H groups in total. The van der Waals surface area contributed by atoms with Crippen LogP contribution in [0.5, 0.6) is 0 Å². The van der Waals surface area contributed by atoms with Crippen molar-refractivity contribution >= 4 is 29.2 Å². The summed E-state index contributed by atoms with van der Waals surface area (Å²) < 4.78 is 4.86. The summed E-state index contributed by atoms with van der Waals surface area (Å²) in [5, 5.41) is 0. The zero-order valence-corrected chi connectivity index (χ0v) is 8.93. The first-order valence-corrected chi connectivity index (χ1v) is 6.13. The molecule has 0 fully saturated rings. The zero-order chi connectivity index (χ0) is 8.53. The lowest BCUT2D eigenvalue weighted by Gasteiger charge is -2.01. The van der Waals surface area contributed by atoms with E-state index >= 15 is 0 Å². The minimum Gasteiger partial charge on any atom is -0.363 e. The molecule has 0 saturated carbocycles. The van der Waals surface area contributed by atoms with E-state index in [-0.39, 0.29) is 0 Å². The van der Waals surface area contributed by atoms with Crippen molar-refractivity contribution in [2.24, 2.45) is 4.99 Å². The molecule has 0 bridgehead atoms. The minimum absolute atomic E-state index is 0.496. The van der Waals surface area contributed by atoms with Gasteiger partial charge in [0.2, 0.25) is 0 Å². The van der Waals surface area contributed by atoms with Crippen molar-refractivity contribution in [1.82, 2.24) is 0 Å². The van der Waals surface area contributed by atoms with Gasteiger partial charge in [-0.25, -0.2) is 0 Å². The third kappa shape index (κ3) is 6.72. The van der Waals surface area contributed by atoms with Gasteiger partial charge in [0.15, 0.2) is 0 Å². The molecule has 0 aromatic carbocycles. The normalized spacial score (nSPS) is 9.73. The summed E-state index contributed by atoms with van der Waals surface area (Å²) in [5.74, 6) is 2.04. The second-order valence-electron chi connectivity index (χ2n) is 2.01. The quantitative estimate of drug-likeness (QED) is 0.600. The summed E-state index contributed by atoms with van der Waals surface area (Å²) in [4.78, 5) is 4.27. The third-order valence-electron chi connectivity index (χ3n) is 1.04. The number of rotatable bonds is 6. The number of methoxy groups -OCH3 is 1. The fourth-order valence-electron chi connectivity index (χ4n) is 0.622. The molecule has 66 valence electrons. The van der Waals surface area contributed by atoms with E-state index in [0.29, 0.717) is 6.73 Å². The molecule has 2 nitrogen and oxygen atoms in total. The summed E-state index contributed by atoms with van der Waals surface area (Å²) in [7, 11) is 1.67. The second-order valence-corrected chi connectivity index (χ2v) is 3.74. The first-order chi connectivity index (χ1) is 5.35. The smallest absolute Gasteiger partial charge is 0.137 e. The van der Waals surface area contributed by atoms with Crippen LogP contribution in [0.25, 0.3) is 0 Å². The first-order valence-electron chi connectivity index (χ1n) is 3.34. The van der Waals surface area contributed by atoms with Crippen LogP contribution in [0.3, 0.4) is 0 Å². The summed E-state index contributed by atoms with van der Waals surface area (Å²) in [6.45, 7) is 0.496. The number of nitrogens with zero attached hydrogens (tertiary/aromatic N) is 1. The Balaban J connectivity index is 3.66. The Bertz CT molecular complexity index is 109. The molecule has 0 saturated heterocycles. The van der Waals surface area contributed by atoms with Crippen LogP contribution in [0.2, 0.25) is 0 Å². The number of hydrogen-bond donors (Lipinski definition) is 0. The van der Waals surface area contributed by atoms with E-state index in [1.165, 1.54) is 5.71 Å². The van der Waals surface area contributed by atoms with Gasteiger partial charge < -0.3 is 4.74 Å². The molecule has 11 heavy (non-hydrogen) atoms. The van der Waals surface area contributed by atoms with Gasteiger partial charge in [-0.1, -0.05) is 0 Å². The highest BCUT2D eigenvalue weighted by atomic mass is 32.2. The van der Waals surface area contributed by atoms with Crippen LogP contribution in [0.1, 0.15) is 0 Å². The number of thioether (sulfide) groups is 2. The van der Waals surface area contributed by atoms with E-state index in [2.05, 4.69) is 17.5 Å². The standard InChI is InChI=1S/C7H15NOS2/c1-9-6-8-7(4-10-2)5-11-3/h4-6H2,1-3H3. The van der Waals surface area contributed by atoms with Gasteiger partial charge in [-0.05, 0) is 12.5 Å². The molecule has 0 amide bonds. The Morgan fingerprint density at radius 1 is 1.27 bits per heavy atom. The van der Waals surface area contributed by atoms with Gasteiger partial charge in [0.1, 0.15) is 6.73 Å². The van der Waals surface area contributed by atoms with Crippen molar-refractivity contribution in [3.8, 4) is 0 Å². The molecule has 0 aromatic rings. The molecule has 0 atom stereocenters. The topological polar surface area (TPSA) is 21.6 Å². The Kier molecular flexibility index (Phi) is 8.68. The lowest BCUT2D eigenvalue weighted by Crippen LogP contribution is -2.06. The maximum Gasteiger partial charge on any atom is 0.137 e. The Labute approximate surface area is 77.2 Å². The Morgan fingerprint density at radius 2 is 1.82 bits per heavy atom. The monoisotopic (exact) mass is 193 g/mol. The van der Waals surface area contributed by atoms with Crippen molar-refractivity contribution in [3.05, 3.63) is 0 Å². The van der Waals surface area contributed by atoms with Gasteiger partial charge in [-0.15, -0.1) is 0 Å². The number of ether oxygens (including phenoxy) is 1. The fraction of sp³-hybridized carbons (Fsp3) is 0.857. The van der Waals surface area contributed by atoms with E-state index in [1.807, 2.05) is 0 Å². The van der Waals surface area contributed by atoms with Gasteiger partial charge in [-0.3, -0.25) is 4.99 Å². The van der Waals surface area contributed by atoms with E-state index < -0.39 is 0 Å². The van der Waals surface area contributed by atoms with Crippen LogP contribution < -0.4 is 0 Å². The summed E-state index contributed by atoms with van der Waals surface area (Å²) in [6, 6.07) is 0. The van der Waals surface area contributed by atoms with Crippen LogP contribution >= 0.6 is 23.5 Å². The highest BCUT2D eigenvalue weighted by Crippen LogP contribution is 2.00. The van der Waals surface area contributed by atoms with E-state index in [4.69, 9.17) is 4.74 Å². The second kappa shape index (κ2) is 8.43. The highest BCUT2D eigenvalue weighted by molar-refractivity contribution is 8.00. The summed E-state index contributed by atoms with van der Waals surface area (Å²) in [5.41, 5.74) is 1.23. The summed E-state index contributed by atoms with van der Waals surface area (Å²) in [6.07, 6.45) is 4.17. The average molecular weight is 193 g/mol. The SMILES string of the molecule is COCN=C(CSC)CSC. The first kappa shape index (κ1) is 11.3. The van der Waals surface area contributed by atoms with Crippen LogP contribution in [0.15, 0.2) is 4.99 Å². The predicted molar refractivity (Wildman–Crippen MR) is 56.1 cm³/mol. The van der Waals surface area contributed by atoms with Gasteiger partial charge >= 0.3 is 0 Å². The molecule has 0 aliphatic rings. The fourth-order valence-corrected chi connectivity index (χ4v) is 1.80. The highest BCUT2D eigenvalue weighted by Gasteiger charge is 1.95. The molecule has 4 heteroatoms. The predicted octanol–water partition coefficient (Wildman–Crippen LogP) is 1.76. The lowest BCUT2D eigenvalue weighted by atomic mass is 10.5. The van der Waals surface area contributed by atoms with Crippen LogP contribution in [-0.4, -0.2) is 43.6 Å². The maximum absolute atomic E-state index is 4.86. The molecule has 0 aliphatic heterocycles. The Morgan fingerprint density at radius 3 is 2.18 bits per heavy atom. The van der Waals surface area contributed by atoms with Crippen LogP contribution in [0.4, 0.5) is 0 Å². The zero-order valence-electron chi connectivity index (χ0n) is 7.29. The van der Waals surface area contributed by atoms with Gasteiger partial charge in [-0.2, -0.15) is 23.5 Å². The van der Waals surface area contributed by atoms with Crippen molar-refractivity contribution in [2.45, 2.75) is 0 Å². The average Bonchev–Trinajstić information content (AvgIpc) is 2.01.